The fourth-order valence-corrected chi connectivity index (χ4v) is 1.52. The number of para-hydroxylation sites is 1. The Morgan fingerprint density at radius 2 is 2.29 bits per heavy atom. The highest BCUT2D eigenvalue weighted by atomic mass is 16.7. The monoisotopic (exact) mass is 188 g/mol. The Balaban J connectivity index is 2.20. The van der Waals surface area contributed by atoms with Crippen LogP contribution in [0.3, 0.4) is 0 Å². The zero-order valence-electron chi connectivity index (χ0n) is 7.38. The van der Waals surface area contributed by atoms with Crippen molar-refractivity contribution in [1.29, 1.82) is 0 Å². The molecule has 70 valence electrons. The number of hydrogen-bond donors (Lipinski definition) is 0. The van der Waals surface area contributed by atoms with E-state index in [2.05, 4.69) is 4.98 Å². The maximum Gasteiger partial charge on any atom is 0.231 e. The number of ether oxygens (including phenoxy) is 2. The Kier molecular flexibility index (Phi) is 1.47. The number of aromatic nitrogens is 2. The molecular weight excluding hydrogens is 180 g/mol. The van der Waals surface area contributed by atoms with Crippen molar-refractivity contribution in [2.75, 3.05) is 6.79 Å². The number of hydrogen-bond acceptors (Lipinski definition) is 3. The molecule has 0 N–H and O–H groups in total. The van der Waals surface area contributed by atoms with E-state index in [4.69, 9.17) is 9.47 Å². The van der Waals surface area contributed by atoms with Crippen molar-refractivity contribution < 1.29 is 9.47 Å². The lowest BCUT2D eigenvalue weighted by Gasteiger charge is -2.05. The number of imidazole rings is 1. The van der Waals surface area contributed by atoms with E-state index in [0.29, 0.717) is 6.79 Å². The molecule has 0 atom stereocenters. The molecule has 0 amide bonds. The highest BCUT2D eigenvalue weighted by Gasteiger charge is 2.17. The van der Waals surface area contributed by atoms with Crippen molar-refractivity contribution in [2.24, 2.45) is 0 Å². The minimum atomic E-state index is 0.293. The first kappa shape index (κ1) is 7.44. The van der Waals surface area contributed by atoms with Crippen LogP contribution in [0.5, 0.6) is 11.5 Å². The predicted molar refractivity (Wildman–Crippen MR) is 49.7 cm³/mol. The lowest BCUT2D eigenvalue weighted by molar-refractivity contribution is 0.174. The van der Waals surface area contributed by atoms with E-state index in [9.17, 15) is 0 Å². The summed E-state index contributed by atoms with van der Waals surface area (Å²) in [6.07, 6.45) is 5.34. The molecule has 0 unspecified atom stereocenters. The molecule has 4 nitrogen and oxygen atoms in total. The normalized spacial score (nSPS) is 13.1. The van der Waals surface area contributed by atoms with Gasteiger partial charge < -0.3 is 14.0 Å². The first-order chi connectivity index (χ1) is 6.95. The van der Waals surface area contributed by atoms with Gasteiger partial charge in [0.1, 0.15) is 0 Å². The summed E-state index contributed by atoms with van der Waals surface area (Å²) >= 11 is 0. The standard InChI is InChI=1S/C10H8N2O2/c1-2-8(12-5-4-11-6-12)10-9(3-1)13-7-14-10/h1-6H,7H2. The molecule has 3 rings (SSSR count). The maximum atomic E-state index is 5.38. The van der Waals surface area contributed by atoms with Gasteiger partial charge in [-0.3, -0.25) is 0 Å². The Morgan fingerprint density at radius 1 is 1.29 bits per heavy atom. The van der Waals surface area contributed by atoms with Crippen LogP contribution in [0.25, 0.3) is 5.69 Å². The van der Waals surface area contributed by atoms with Gasteiger partial charge >= 0.3 is 0 Å². The van der Waals surface area contributed by atoms with Gasteiger partial charge in [0.05, 0.1) is 12.0 Å². The third kappa shape index (κ3) is 0.970. The summed E-state index contributed by atoms with van der Waals surface area (Å²) in [4.78, 5) is 3.99. The van der Waals surface area contributed by atoms with E-state index in [1.165, 1.54) is 0 Å². The van der Waals surface area contributed by atoms with Crippen LogP contribution in [-0.4, -0.2) is 16.3 Å². The van der Waals surface area contributed by atoms with Gasteiger partial charge in [-0.1, -0.05) is 6.07 Å². The molecule has 1 aromatic carbocycles. The summed E-state index contributed by atoms with van der Waals surface area (Å²) in [7, 11) is 0. The van der Waals surface area contributed by atoms with E-state index >= 15 is 0 Å². The Bertz CT molecular complexity index is 451. The summed E-state index contributed by atoms with van der Waals surface area (Å²) in [5.41, 5.74) is 0.956. The zero-order chi connectivity index (χ0) is 9.38. The molecule has 1 aliphatic rings. The molecule has 0 saturated heterocycles. The summed E-state index contributed by atoms with van der Waals surface area (Å²) in [6, 6.07) is 5.79. The molecule has 14 heavy (non-hydrogen) atoms. The fourth-order valence-electron chi connectivity index (χ4n) is 1.52. The molecular formula is C10H8N2O2. The molecule has 2 aromatic rings. The van der Waals surface area contributed by atoms with Gasteiger partial charge in [0.25, 0.3) is 0 Å². The van der Waals surface area contributed by atoms with E-state index in [-0.39, 0.29) is 0 Å². The van der Waals surface area contributed by atoms with Crippen LogP contribution in [0.1, 0.15) is 0 Å². The molecule has 0 spiro atoms. The van der Waals surface area contributed by atoms with Crippen molar-refractivity contribution in [3.05, 3.63) is 36.9 Å². The van der Waals surface area contributed by atoms with Gasteiger partial charge in [-0.05, 0) is 12.1 Å². The van der Waals surface area contributed by atoms with E-state index in [0.717, 1.165) is 17.2 Å². The predicted octanol–water partition coefficient (Wildman–Crippen LogP) is 1.60. The summed E-state index contributed by atoms with van der Waals surface area (Å²) < 4.78 is 12.6. The van der Waals surface area contributed by atoms with Gasteiger partial charge in [0.2, 0.25) is 6.79 Å². The second kappa shape index (κ2) is 2.77. The van der Waals surface area contributed by atoms with Gasteiger partial charge in [-0.25, -0.2) is 4.98 Å². The second-order valence-electron chi connectivity index (χ2n) is 2.98. The summed E-state index contributed by atoms with van der Waals surface area (Å²) in [5, 5.41) is 0. The minimum Gasteiger partial charge on any atom is -0.454 e. The molecule has 0 saturated carbocycles. The van der Waals surface area contributed by atoms with Crippen LogP contribution < -0.4 is 9.47 Å². The van der Waals surface area contributed by atoms with Crippen LogP contribution in [-0.2, 0) is 0 Å². The molecule has 0 bridgehead atoms. The fraction of sp³-hybridized carbons (Fsp3) is 0.100. The van der Waals surface area contributed by atoms with Crippen LogP contribution in [0, 0.1) is 0 Å². The van der Waals surface area contributed by atoms with E-state index in [1.54, 1.807) is 12.5 Å². The van der Waals surface area contributed by atoms with E-state index in [1.807, 2.05) is 29.0 Å². The lowest BCUT2D eigenvalue weighted by atomic mass is 10.2. The molecule has 0 aliphatic carbocycles. The Labute approximate surface area is 80.7 Å². The summed E-state index contributed by atoms with van der Waals surface area (Å²) in [5.74, 6) is 1.57. The second-order valence-corrected chi connectivity index (χ2v) is 2.98. The van der Waals surface area contributed by atoms with Crippen molar-refractivity contribution >= 4 is 0 Å². The molecule has 2 heterocycles. The SMILES string of the molecule is c1cc2c(c(-n3ccnc3)c1)OCO2. The van der Waals surface area contributed by atoms with Crippen LogP contribution in [0.4, 0.5) is 0 Å². The number of nitrogens with zero attached hydrogens (tertiary/aromatic N) is 2. The topological polar surface area (TPSA) is 36.3 Å². The van der Waals surface area contributed by atoms with Crippen LogP contribution in [0.2, 0.25) is 0 Å². The highest BCUT2D eigenvalue weighted by Crippen LogP contribution is 2.37. The largest absolute Gasteiger partial charge is 0.454 e. The average molecular weight is 188 g/mol. The van der Waals surface area contributed by atoms with Gasteiger partial charge in [0, 0.05) is 12.4 Å². The summed E-state index contributed by atoms with van der Waals surface area (Å²) in [6.45, 7) is 0.293. The Hall–Kier alpha value is -1.97. The highest BCUT2D eigenvalue weighted by molar-refractivity contribution is 5.56. The molecule has 1 aliphatic heterocycles. The van der Waals surface area contributed by atoms with Gasteiger partial charge in [-0.15, -0.1) is 0 Å². The zero-order valence-corrected chi connectivity index (χ0v) is 7.38. The Morgan fingerprint density at radius 3 is 3.14 bits per heavy atom. The smallest absolute Gasteiger partial charge is 0.231 e. The molecule has 0 fully saturated rings. The first-order valence-corrected chi connectivity index (χ1v) is 4.32. The van der Waals surface area contributed by atoms with Crippen molar-refractivity contribution in [3.8, 4) is 17.2 Å². The third-order valence-corrected chi connectivity index (χ3v) is 2.16. The van der Waals surface area contributed by atoms with E-state index < -0.39 is 0 Å². The minimum absolute atomic E-state index is 0.293. The van der Waals surface area contributed by atoms with Crippen molar-refractivity contribution in [2.45, 2.75) is 0 Å². The first-order valence-electron chi connectivity index (χ1n) is 4.32. The molecule has 0 radical (unpaired) electrons. The van der Waals surface area contributed by atoms with Crippen molar-refractivity contribution in [1.82, 2.24) is 9.55 Å². The maximum absolute atomic E-state index is 5.38. The van der Waals surface area contributed by atoms with Crippen molar-refractivity contribution in [3.63, 3.8) is 0 Å². The average Bonchev–Trinajstić information content (AvgIpc) is 2.88. The molecule has 1 aromatic heterocycles. The number of rotatable bonds is 1. The van der Waals surface area contributed by atoms with Crippen LogP contribution in [0.15, 0.2) is 36.9 Å². The quantitative estimate of drug-likeness (QED) is 0.682. The van der Waals surface area contributed by atoms with Gasteiger partial charge in [-0.2, -0.15) is 0 Å². The molecule has 4 heteroatoms. The van der Waals surface area contributed by atoms with Crippen LogP contribution >= 0.6 is 0 Å². The third-order valence-electron chi connectivity index (χ3n) is 2.16. The number of benzene rings is 1. The van der Waals surface area contributed by atoms with Gasteiger partial charge in [0.15, 0.2) is 11.5 Å². The lowest BCUT2D eigenvalue weighted by Crippen LogP contribution is -1.95. The number of fused-ring (bicyclic) bond motifs is 1.